The molecule has 0 amide bonds. The molecule has 1 unspecified atom stereocenters. The third-order valence-corrected chi connectivity index (χ3v) is 3.11. The van der Waals surface area contributed by atoms with Gasteiger partial charge in [-0.1, -0.05) is 0 Å². The number of rotatable bonds is 4. The van der Waals surface area contributed by atoms with Gasteiger partial charge < -0.3 is 14.6 Å². The van der Waals surface area contributed by atoms with E-state index in [9.17, 15) is 0 Å². The molecule has 6 heteroatoms. The summed E-state index contributed by atoms with van der Waals surface area (Å²) in [5, 5.41) is 11.6. The summed E-state index contributed by atoms with van der Waals surface area (Å²) in [5.41, 5.74) is 0. The molecule has 0 radical (unpaired) electrons. The van der Waals surface area contributed by atoms with E-state index in [1.54, 1.807) is 0 Å². The van der Waals surface area contributed by atoms with Crippen LogP contribution in [0.15, 0.2) is 0 Å². The van der Waals surface area contributed by atoms with Crippen LogP contribution in [-0.2, 0) is 18.3 Å². The lowest BCUT2D eigenvalue weighted by Crippen LogP contribution is -2.44. The van der Waals surface area contributed by atoms with Crippen molar-refractivity contribution in [2.75, 3.05) is 33.3 Å². The molecule has 96 valence electrons. The minimum Gasteiger partial charge on any atom is -0.374 e. The van der Waals surface area contributed by atoms with Gasteiger partial charge in [0.15, 0.2) is 0 Å². The second kappa shape index (κ2) is 5.57. The highest BCUT2D eigenvalue weighted by Gasteiger charge is 2.16. The largest absolute Gasteiger partial charge is 0.374 e. The number of morpholine rings is 1. The summed E-state index contributed by atoms with van der Waals surface area (Å²) in [5.74, 6) is 1.94. The van der Waals surface area contributed by atoms with Crippen LogP contribution in [0.25, 0.3) is 0 Å². The van der Waals surface area contributed by atoms with E-state index >= 15 is 0 Å². The van der Waals surface area contributed by atoms with Crippen LogP contribution in [0.4, 0.5) is 0 Å². The minimum atomic E-state index is 0.281. The van der Waals surface area contributed by atoms with Gasteiger partial charge in [0.25, 0.3) is 0 Å². The second-order valence-electron chi connectivity index (χ2n) is 4.62. The van der Waals surface area contributed by atoms with Crippen molar-refractivity contribution >= 4 is 0 Å². The number of nitrogens with one attached hydrogen (secondary N) is 1. The minimum absolute atomic E-state index is 0.281. The third-order valence-electron chi connectivity index (χ3n) is 3.11. The van der Waals surface area contributed by atoms with Crippen LogP contribution < -0.4 is 5.32 Å². The van der Waals surface area contributed by atoms with Crippen LogP contribution in [0.5, 0.6) is 0 Å². The van der Waals surface area contributed by atoms with Gasteiger partial charge in [0.2, 0.25) is 0 Å². The Labute approximate surface area is 102 Å². The Morgan fingerprint density at radius 3 is 2.94 bits per heavy atom. The molecule has 0 aliphatic carbocycles. The van der Waals surface area contributed by atoms with Crippen LogP contribution in [0.3, 0.4) is 0 Å². The first kappa shape index (κ1) is 12.5. The molecule has 2 heterocycles. The molecule has 1 aliphatic rings. The first-order valence-corrected chi connectivity index (χ1v) is 6.02. The number of nitrogens with zero attached hydrogens (tertiary/aromatic N) is 4. The number of aromatic nitrogens is 3. The lowest BCUT2D eigenvalue weighted by atomic mass is 10.3. The van der Waals surface area contributed by atoms with Crippen molar-refractivity contribution in [3.8, 4) is 0 Å². The van der Waals surface area contributed by atoms with Crippen LogP contribution in [0, 0.1) is 6.92 Å². The highest BCUT2D eigenvalue weighted by molar-refractivity contribution is 4.92. The third kappa shape index (κ3) is 3.24. The van der Waals surface area contributed by atoms with E-state index in [1.807, 2.05) is 18.5 Å². The number of hydrogen-bond acceptors (Lipinski definition) is 5. The number of ether oxygens (including phenoxy) is 1. The molecule has 1 aromatic heterocycles. The number of aryl methyl sites for hydroxylation is 1. The molecule has 6 nitrogen and oxygen atoms in total. The lowest BCUT2D eigenvalue weighted by Gasteiger charge is -2.27. The summed E-state index contributed by atoms with van der Waals surface area (Å²) >= 11 is 0. The summed E-state index contributed by atoms with van der Waals surface area (Å²) in [6.07, 6.45) is 0.281. The fourth-order valence-electron chi connectivity index (χ4n) is 1.98. The van der Waals surface area contributed by atoms with Gasteiger partial charge in [-0.3, -0.25) is 4.90 Å². The van der Waals surface area contributed by atoms with Gasteiger partial charge >= 0.3 is 0 Å². The van der Waals surface area contributed by atoms with Gasteiger partial charge in [-0.25, -0.2) is 0 Å². The Bertz CT molecular complexity index is 359. The van der Waals surface area contributed by atoms with Crippen LogP contribution >= 0.6 is 0 Å². The van der Waals surface area contributed by atoms with E-state index in [0.29, 0.717) is 0 Å². The maximum Gasteiger partial charge on any atom is 0.146 e. The zero-order valence-corrected chi connectivity index (χ0v) is 10.8. The van der Waals surface area contributed by atoms with Crippen molar-refractivity contribution in [1.29, 1.82) is 0 Å². The van der Waals surface area contributed by atoms with E-state index in [-0.39, 0.29) is 6.10 Å². The molecule has 1 N–H and O–H groups in total. The molecule has 1 aromatic rings. The molecule has 0 saturated carbocycles. The molecule has 17 heavy (non-hydrogen) atoms. The summed E-state index contributed by atoms with van der Waals surface area (Å²) in [4.78, 5) is 2.22. The lowest BCUT2D eigenvalue weighted by molar-refractivity contribution is 0.00836. The van der Waals surface area contributed by atoms with Crippen molar-refractivity contribution in [3.63, 3.8) is 0 Å². The molecule has 1 atom stereocenters. The zero-order valence-electron chi connectivity index (χ0n) is 10.8. The summed E-state index contributed by atoms with van der Waals surface area (Å²) in [7, 11) is 4.08. The monoisotopic (exact) mass is 239 g/mol. The van der Waals surface area contributed by atoms with E-state index in [4.69, 9.17) is 4.74 Å². The predicted octanol–water partition coefficient (Wildman–Crippen LogP) is -0.456. The Hall–Kier alpha value is -0.980. The van der Waals surface area contributed by atoms with Crippen LogP contribution in [-0.4, -0.2) is 59.1 Å². The maximum absolute atomic E-state index is 5.67. The molecule has 0 spiro atoms. The maximum atomic E-state index is 5.67. The first-order chi connectivity index (χ1) is 8.16. The quantitative estimate of drug-likeness (QED) is 0.771. The normalized spacial score (nSPS) is 21.1. The molecule has 1 aliphatic heterocycles. The zero-order chi connectivity index (χ0) is 12.3. The highest BCUT2D eigenvalue weighted by atomic mass is 16.5. The topological polar surface area (TPSA) is 55.2 Å². The number of hydrogen-bond donors (Lipinski definition) is 1. The van der Waals surface area contributed by atoms with Crippen molar-refractivity contribution in [2.45, 2.75) is 19.6 Å². The SMILES string of the molecule is Cc1nnc(CN(C)CC2CNCCO2)n1C. The molecule has 2 rings (SSSR count). The standard InChI is InChI=1S/C11H21N5O/c1-9-13-14-11(16(9)3)8-15(2)7-10-6-12-4-5-17-10/h10,12H,4-8H2,1-3H3. The number of likely N-dealkylation sites (N-methyl/N-ethyl adjacent to an activating group) is 1. The van der Waals surface area contributed by atoms with Gasteiger partial charge in [-0.05, 0) is 14.0 Å². The average Bonchev–Trinajstić information content (AvgIpc) is 2.62. The smallest absolute Gasteiger partial charge is 0.146 e. The summed E-state index contributed by atoms with van der Waals surface area (Å²) in [6, 6.07) is 0. The summed E-state index contributed by atoms with van der Waals surface area (Å²) < 4.78 is 7.70. The molecule has 0 aromatic carbocycles. The van der Waals surface area contributed by atoms with Gasteiger partial charge in [0, 0.05) is 26.7 Å². The Morgan fingerprint density at radius 1 is 1.53 bits per heavy atom. The van der Waals surface area contributed by atoms with Crippen LogP contribution in [0.2, 0.25) is 0 Å². The first-order valence-electron chi connectivity index (χ1n) is 6.02. The van der Waals surface area contributed by atoms with E-state index < -0.39 is 0 Å². The second-order valence-corrected chi connectivity index (χ2v) is 4.62. The van der Waals surface area contributed by atoms with Crippen LogP contribution in [0.1, 0.15) is 11.6 Å². The van der Waals surface area contributed by atoms with Crippen molar-refractivity contribution < 1.29 is 4.74 Å². The van der Waals surface area contributed by atoms with E-state index in [1.165, 1.54) is 0 Å². The Balaban J connectivity index is 1.84. The van der Waals surface area contributed by atoms with Gasteiger partial charge in [-0.15, -0.1) is 10.2 Å². The molecule has 1 saturated heterocycles. The summed E-state index contributed by atoms with van der Waals surface area (Å²) in [6.45, 7) is 6.38. The Kier molecular flexibility index (Phi) is 4.09. The molecular formula is C11H21N5O. The predicted molar refractivity (Wildman–Crippen MR) is 64.7 cm³/mol. The van der Waals surface area contributed by atoms with Gasteiger partial charge in [-0.2, -0.15) is 0 Å². The van der Waals surface area contributed by atoms with E-state index in [0.717, 1.165) is 44.4 Å². The van der Waals surface area contributed by atoms with E-state index in [2.05, 4.69) is 27.5 Å². The van der Waals surface area contributed by atoms with Crippen molar-refractivity contribution in [2.24, 2.45) is 7.05 Å². The average molecular weight is 239 g/mol. The van der Waals surface area contributed by atoms with Crippen molar-refractivity contribution in [3.05, 3.63) is 11.6 Å². The fourth-order valence-corrected chi connectivity index (χ4v) is 1.98. The molecular weight excluding hydrogens is 218 g/mol. The highest BCUT2D eigenvalue weighted by Crippen LogP contribution is 2.04. The fraction of sp³-hybridized carbons (Fsp3) is 0.818. The van der Waals surface area contributed by atoms with Gasteiger partial charge in [0.1, 0.15) is 11.6 Å². The molecule has 1 fully saturated rings. The Morgan fingerprint density at radius 2 is 2.35 bits per heavy atom. The molecule has 0 bridgehead atoms. The van der Waals surface area contributed by atoms with Gasteiger partial charge in [0.05, 0.1) is 19.3 Å². The van der Waals surface area contributed by atoms with Crippen molar-refractivity contribution in [1.82, 2.24) is 25.0 Å².